The molecule has 2 rings (SSSR count). The Bertz CT molecular complexity index is 643. The molecule has 0 aliphatic heterocycles. The monoisotopic (exact) mass is 331 g/mol. The molecule has 0 heterocycles. The summed E-state index contributed by atoms with van der Waals surface area (Å²) in [4.78, 5) is 11.7. The molecule has 0 bridgehead atoms. The third-order valence-corrected chi connectivity index (χ3v) is 3.56. The molecule has 0 aliphatic carbocycles. The molecule has 0 saturated heterocycles. The maximum Gasteiger partial charge on any atom is 0.220 e. The Hall–Kier alpha value is -2.56. The number of halogens is 1. The molecule has 1 N–H and O–H groups in total. The number of rotatable bonds is 9. The molecule has 0 atom stereocenters. The highest BCUT2D eigenvalue weighted by Crippen LogP contribution is 2.16. The summed E-state index contributed by atoms with van der Waals surface area (Å²) in [6.07, 6.45) is 1.55. The highest BCUT2D eigenvalue weighted by molar-refractivity contribution is 5.75. The molecule has 0 saturated carbocycles. The zero-order valence-corrected chi connectivity index (χ0v) is 13.8. The molecular formula is C19H22FNO3. The number of ether oxygens (including phenoxy) is 2. The van der Waals surface area contributed by atoms with E-state index in [-0.39, 0.29) is 11.7 Å². The zero-order valence-electron chi connectivity index (χ0n) is 13.8. The van der Waals surface area contributed by atoms with Crippen LogP contribution in [0.5, 0.6) is 11.5 Å². The number of benzene rings is 2. The minimum Gasteiger partial charge on any atom is -0.497 e. The lowest BCUT2D eigenvalue weighted by atomic mass is 10.1. The normalized spacial score (nSPS) is 10.2. The maximum atomic E-state index is 13.4. The molecule has 0 unspecified atom stereocenters. The van der Waals surface area contributed by atoms with Gasteiger partial charge in [-0.25, -0.2) is 4.39 Å². The number of hydrogen-bond donors (Lipinski definition) is 1. The second-order valence-corrected chi connectivity index (χ2v) is 5.32. The van der Waals surface area contributed by atoms with Crippen LogP contribution in [-0.2, 0) is 11.2 Å². The predicted molar refractivity (Wildman–Crippen MR) is 90.8 cm³/mol. The quantitative estimate of drug-likeness (QED) is 0.717. The lowest BCUT2D eigenvalue weighted by molar-refractivity contribution is -0.121. The average molecular weight is 331 g/mol. The van der Waals surface area contributed by atoms with Crippen LogP contribution in [0.2, 0.25) is 0 Å². The molecule has 24 heavy (non-hydrogen) atoms. The van der Waals surface area contributed by atoms with Crippen LogP contribution in [0.1, 0.15) is 18.4 Å². The van der Waals surface area contributed by atoms with Gasteiger partial charge in [0.05, 0.1) is 13.7 Å². The van der Waals surface area contributed by atoms with Crippen molar-refractivity contribution in [2.75, 3.05) is 20.3 Å². The Kier molecular flexibility index (Phi) is 7.08. The van der Waals surface area contributed by atoms with E-state index in [1.54, 1.807) is 25.3 Å². The van der Waals surface area contributed by atoms with Crippen molar-refractivity contribution in [1.29, 1.82) is 0 Å². The lowest BCUT2D eigenvalue weighted by Gasteiger charge is -2.08. The minimum atomic E-state index is -0.217. The summed E-state index contributed by atoms with van der Waals surface area (Å²) in [5.41, 5.74) is 0.646. The first-order chi connectivity index (χ1) is 11.7. The Morgan fingerprint density at radius 3 is 2.50 bits per heavy atom. The van der Waals surface area contributed by atoms with Gasteiger partial charge in [-0.05, 0) is 48.7 Å². The summed E-state index contributed by atoms with van der Waals surface area (Å²) in [6.45, 7) is 0.829. The van der Waals surface area contributed by atoms with Crippen LogP contribution in [0.4, 0.5) is 4.39 Å². The van der Waals surface area contributed by atoms with Crippen molar-refractivity contribution in [2.24, 2.45) is 0 Å². The molecule has 0 fully saturated rings. The van der Waals surface area contributed by atoms with E-state index < -0.39 is 0 Å². The molecule has 1 amide bonds. The van der Waals surface area contributed by atoms with Gasteiger partial charge in [-0.1, -0.05) is 18.2 Å². The van der Waals surface area contributed by atoms with Crippen LogP contribution < -0.4 is 14.8 Å². The smallest absolute Gasteiger partial charge is 0.220 e. The number of aryl methyl sites for hydroxylation is 1. The Morgan fingerprint density at radius 1 is 1.08 bits per heavy atom. The summed E-state index contributed by atoms with van der Waals surface area (Å²) >= 11 is 0. The molecule has 128 valence electrons. The number of methoxy groups -OCH3 is 1. The van der Waals surface area contributed by atoms with Crippen molar-refractivity contribution in [3.8, 4) is 11.5 Å². The molecule has 4 nitrogen and oxygen atoms in total. The second-order valence-electron chi connectivity index (χ2n) is 5.32. The van der Waals surface area contributed by atoms with E-state index in [9.17, 15) is 9.18 Å². The van der Waals surface area contributed by atoms with E-state index in [1.807, 2.05) is 24.3 Å². The fourth-order valence-corrected chi connectivity index (χ4v) is 2.26. The predicted octanol–water partition coefficient (Wildman–Crippen LogP) is 3.35. The van der Waals surface area contributed by atoms with Crippen molar-refractivity contribution >= 4 is 5.91 Å². The van der Waals surface area contributed by atoms with Gasteiger partial charge in [0.15, 0.2) is 0 Å². The van der Waals surface area contributed by atoms with E-state index in [4.69, 9.17) is 9.47 Å². The topological polar surface area (TPSA) is 47.6 Å². The number of amides is 1. The van der Waals surface area contributed by atoms with Crippen molar-refractivity contribution in [3.63, 3.8) is 0 Å². The van der Waals surface area contributed by atoms with Crippen LogP contribution >= 0.6 is 0 Å². The summed E-state index contributed by atoms with van der Waals surface area (Å²) in [5.74, 6) is 1.23. The van der Waals surface area contributed by atoms with Gasteiger partial charge in [0, 0.05) is 6.42 Å². The van der Waals surface area contributed by atoms with Crippen LogP contribution in [0.3, 0.4) is 0 Å². The van der Waals surface area contributed by atoms with E-state index in [1.165, 1.54) is 6.07 Å². The van der Waals surface area contributed by atoms with Gasteiger partial charge in [0.2, 0.25) is 5.91 Å². The average Bonchev–Trinajstić information content (AvgIpc) is 2.61. The number of hydrogen-bond acceptors (Lipinski definition) is 3. The third-order valence-electron chi connectivity index (χ3n) is 3.56. The van der Waals surface area contributed by atoms with E-state index >= 15 is 0 Å². The molecule has 0 radical (unpaired) electrons. The Labute approximate surface area is 141 Å². The standard InChI is InChI=1S/C19H22FNO3/c1-23-16-9-11-17(12-10-16)24-14-13-21-19(22)8-4-6-15-5-2-3-7-18(15)20/h2-3,5,7,9-12H,4,6,8,13-14H2,1H3,(H,21,22). The fraction of sp³-hybridized carbons (Fsp3) is 0.316. The Morgan fingerprint density at radius 2 is 1.79 bits per heavy atom. The molecule has 0 spiro atoms. The van der Waals surface area contributed by atoms with Crippen LogP contribution in [0.15, 0.2) is 48.5 Å². The SMILES string of the molecule is COc1ccc(OCCNC(=O)CCCc2ccccc2F)cc1. The highest BCUT2D eigenvalue weighted by Gasteiger charge is 2.04. The summed E-state index contributed by atoms with van der Waals surface area (Å²) in [7, 11) is 1.61. The van der Waals surface area contributed by atoms with E-state index in [0.717, 1.165) is 11.5 Å². The van der Waals surface area contributed by atoms with Crippen LogP contribution in [-0.4, -0.2) is 26.2 Å². The van der Waals surface area contributed by atoms with Gasteiger partial charge in [-0.2, -0.15) is 0 Å². The van der Waals surface area contributed by atoms with Gasteiger partial charge in [-0.3, -0.25) is 4.79 Å². The van der Waals surface area contributed by atoms with E-state index in [0.29, 0.717) is 38.0 Å². The van der Waals surface area contributed by atoms with Crippen LogP contribution in [0, 0.1) is 5.82 Å². The first-order valence-corrected chi connectivity index (χ1v) is 7.96. The number of nitrogens with one attached hydrogen (secondary N) is 1. The van der Waals surface area contributed by atoms with Crippen molar-refractivity contribution in [3.05, 3.63) is 59.9 Å². The van der Waals surface area contributed by atoms with Gasteiger partial charge >= 0.3 is 0 Å². The molecule has 0 aromatic heterocycles. The molecule has 2 aromatic carbocycles. The van der Waals surface area contributed by atoms with Gasteiger partial charge in [-0.15, -0.1) is 0 Å². The minimum absolute atomic E-state index is 0.0512. The number of carbonyl (C=O) groups excluding carboxylic acids is 1. The Balaban J connectivity index is 1.58. The fourth-order valence-electron chi connectivity index (χ4n) is 2.26. The summed E-state index contributed by atoms with van der Waals surface area (Å²) in [6, 6.07) is 13.9. The molecule has 2 aromatic rings. The molecule has 5 heteroatoms. The van der Waals surface area contributed by atoms with Gasteiger partial charge in [0.1, 0.15) is 23.9 Å². The van der Waals surface area contributed by atoms with Crippen molar-refractivity contribution in [1.82, 2.24) is 5.32 Å². The maximum absolute atomic E-state index is 13.4. The van der Waals surface area contributed by atoms with E-state index in [2.05, 4.69) is 5.32 Å². The largest absolute Gasteiger partial charge is 0.497 e. The number of carbonyl (C=O) groups is 1. The summed E-state index contributed by atoms with van der Waals surface area (Å²) in [5, 5.41) is 2.79. The zero-order chi connectivity index (χ0) is 17.2. The molecular weight excluding hydrogens is 309 g/mol. The first kappa shape index (κ1) is 17.8. The van der Waals surface area contributed by atoms with Crippen LogP contribution in [0.25, 0.3) is 0 Å². The molecule has 0 aliphatic rings. The van der Waals surface area contributed by atoms with Crippen molar-refractivity contribution in [2.45, 2.75) is 19.3 Å². The summed E-state index contributed by atoms with van der Waals surface area (Å²) < 4.78 is 24.0. The van der Waals surface area contributed by atoms with Gasteiger partial charge < -0.3 is 14.8 Å². The highest BCUT2D eigenvalue weighted by atomic mass is 19.1. The van der Waals surface area contributed by atoms with Gasteiger partial charge in [0.25, 0.3) is 0 Å². The third kappa shape index (κ3) is 5.91. The van der Waals surface area contributed by atoms with Crippen molar-refractivity contribution < 1.29 is 18.7 Å². The first-order valence-electron chi connectivity index (χ1n) is 7.96. The second kappa shape index (κ2) is 9.55. The lowest BCUT2D eigenvalue weighted by Crippen LogP contribution is -2.27.